The summed E-state index contributed by atoms with van der Waals surface area (Å²) >= 11 is 1.35. The summed E-state index contributed by atoms with van der Waals surface area (Å²) in [6.45, 7) is 6.79. The van der Waals surface area contributed by atoms with Gasteiger partial charge in [0.05, 0.1) is 12.9 Å². The van der Waals surface area contributed by atoms with Gasteiger partial charge in [-0.05, 0) is 62.2 Å². The molecular weight excluding hydrogens is 412 g/mol. The van der Waals surface area contributed by atoms with E-state index in [4.69, 9.17) is 9.47 Å². The van der Waals surface area contributed by atoms with Gasteiger partial charge in [0.25, 0.3) is 0 Å². The van der Waals surface area contributed by atoms with Gasteiger partial charge in [-0.15, -0.1) is 10.2 Å². The number of carbonyl (C=O) groups excluding carboxylic acids is 1. The molecule has 1 aromatic heterocycles. The lowest BCUT2D eigenvalue weighted by Crippen LogP contribution is -2.15. The van der Waals surface area contributed by atoms with E-state index in [0.717, 1.165) is 29.4 Å². The fraction of sp³-hybridized carbons (Fsp3) is 0.348. The van der Waals surface area contributed by atoms with Gasteiger partial charge in [0, 0.05) is 12.2 Å². The Hall–Kier alpha value is -3.00. The molecule has 0 saturated heterocycles. The van der Waals surface area contributed by atoms with Crippen molar-refractivity contribution < 1.29 is 14.3 Å². The van der Waals surface area contributed by atoms with Crippen molar-refractivity contribution in [2.75, 3.05) is 18.2 Å². The molecule has 3 rings (SSSR count). The van der Waals surface area contributed by atoms with Gasteiger partial charge in [0.2, 0.25) is 5.91 Å². The van der Waals surface area contributed by atoms with Gasteiger partial charge in [0.1, 0.15) is 11.5 Å². The van der Waals surface area contributed by atoms with Gasteiger partial charge in [0.15, 0.2) is 17.1 Å². The highest BCUT2D eigenvalue weighted by Gasteiger charge is 2.19. The van der Waals surface area contributed by atoms with Crippen molar-refractivity contribution >= 4 is 23.4 Å². The fourth-order valence-electron chi connectivity index (χ4n) is 3.07. The Morgan fingerprint density at radius 2 is 1.74 bits per heavy atom. The molecule has 7 nitrogen and oxygen atoms in total. The highest BCUT2D eigenvalue weighted by atomic mass is 32.2. The van der Waals surface area contributed by atoms with Gasteiger partial charge in [-0.1, -0.05) is 30.8 Å². The Kier molecular flexibility index (Phi) is 7.94. The minimum atomic E-state index is -0.262. The van der Waals surface area contributed by atoms with Crippen molar-refractivity contribution in [2.24, 2.45) is 0 Å². The number of nitrogens with zero attached hydrogens (tertiary/aromatic N) is 3. The summed E-state index contributed by atoms with van der Waals surface area (Å²) < 4.78 is 13.2. The Bertz CT molecular complexity index is 987. The number of rotatable bonds is 10. The number of aryl methyl sites for hydroxylation is 1. The maximum Gasteiger partial charge on any atom is 0.234 e. The first-order valence-electron chi connectivity index (χ1n) is 10.3. The third kappa shape index (κ3) is 6.01. The van der Waals surface area contributed by atoms with E-state index < -0.39 is 0 Å². The molecule has 2 aromatic carbocycles. The number of thioether (sulfide) groups is 1. The first-order chi connectivity index (χ1) is 15.0. The third-order valence-corrected chi connectivity index (χ3v) is 5.74. The van der Waals surface area contributed by atoms with Crippen LogP contribution in [0.4, 0.5) is 5.69 Å². The summed E-state index contributed by atoms with van der Waals surface area (Å²) in [5, 5.41) is 12.2. The minimum Gasteiger partial charge on any atom is -0.497 e. The molecular formula is C23H28N4O3S. The summed E-state index contributed by atoms with van der Waals surface area (Å²) in [5.74, 6) is 2.40. The standard InChI is InChI=1S/C23H28N4O3S/c1-5-17-7-11-20(12-8-17)30-16(3)22-25-26-23(27(22)6-2)31-15-21(28)24-18-9-13-19(29-4)14-10-18/h7-14,16H,5-6,15H2,1-4H3,(H,24,28). The third-order valence-electron chi connectivity index (χ3n) is 4.78. The van der Waals surface area contributed by atoms with E-state index in [1.807, 2.05) is 30.5 Å². The topological polar surface area (TPSA) is 78.3 Å². The monoisotopic (exact) mass is 440 g/mol. The van der Waals surface area contributed by atoms with Crippen molar-refractivity contribution in [2.45, 2.75) is 45.0 Å². The van der Waals surface area contributed by atoms with E-state index in [1.165, 1.54) is 17.3 Å². The van der Waals surface area contributed by atoms with E-state index >= 15 is 0 Å². The van der Waals surface area contributed by atoms with Crippen LogP contribution < -0.4 is 14.8 Å². The number of benzene rings is 2. The number of carbonyl (C=O) groups is 1. The first-order valence-corrected chi connectivity index (χ1v) is 11.3. The van der Waals surface area contributed by atoms with E-state index in [0.29, 0.717) is 11.7 Å². The number of hydrogen-bond acceptors (Lipinski definition) is 6. The van der Waals surface area contributed by atoms with Crippen LogP contribution in [0.25, 0.3) is 0 Å². The van der Waals surface area contributed by atoms with Crippen LogP contribution in [0.3, 0.4) is 0 Å². The molecule has 1 atom stereocenters. The van der Waals surface area contributed by atoms with Gasteiger partial charge >= 0.3 is 0 Å². The molecule has 0 aliphatic carbocycles. The number of hydrogen-bond donors (Lipinski definition) is 1. The molecule has 3 aromatic rings. The van der Waals surface area contributed by atoms with E-state index in [9.17, 15) is 4.79 Å². The molecule has 0 saturated carbocycles. The minimum absolute atomic E-state index is 0.109. The number of nitrogens with one attached hydrogen (secondary N) is 1. The Morgan fingerprint density at radius 1 is 1.06 bits per heavy atom. The average molecular weight is 441 g/mol. The largest absolute Gasteiger partial charge is 0.497 e. The number of aromatic nitrogens is 3. The molecule has 1 heterocycles. The Morgan fingerprint density at radius 3 is 2.35 bits per heavy atom. The van der Waals surface area contributed by atoms with Crippen molar-refractivity contribution in [3.63, 3.8) is 0 Å². The molecule has 1 N–H and O–H groups in total. The summed E-state index contributed by atoms with van der Waals surface area (Å²) in [6.07, 6.45) is 0.731. The molecule has 0 fully saturated rings. The lowest BCUT2D eigenvalue weighted by molar-refractivity contribution is -0.113. The fourth-order valence-corrected chi connectivity index (χ4v) is 3.88. The molecule has 0 bridgehead atoms. The van der Waals surface area contributed by atoms with Crippen LogP contribution in [0.2, 0.25) is 0 Å². The predicted octanol–water partition coefficient (Wildman–Crippen LogP) is 4.74. The van der Waals surface area contributed by atoms with Crippen LogP contribution >= 0.6 is 11.8 Å². The zero-order valence-corrected chi connectivity index (χ0v) is 19.1. The number of methoxy groups -OCH3 is 1. The van der Waals surface area contributed by atoms with Crippen LogP contribution in [-0.4, -0.2) is 33.5 Å². The second kappa shape index (κ2) is 10.9. The van der Waals surface area contributed by atoms with Crippen LogP contribution in [0.15, 0.2) is 53.7 Å². The predicted molar refractivity (Wildman–Crippen MR) is 123 cm³/mol. The second-order valence-electron chi connectivity index (χ2n) is 6.91. The highest BCUT2D eigenvalue weighted by molar-refractivity contribution is 7.99. The quantitative estimate of drug-likeness (QED) is 0.459. The molecule has 164 valence electrons. The summed E-state index contributed by atoms with van der Waals surface area (Å²) in [5.41, 5.74) is 1.99. The maximum absolute atomic E-state index is 12.3. The summed E-state index contributed by atoms with van der Waals surface area (Å²) in [4.78, 5) is 12.3. The maximum atomic E-state index is 12.3. The van der Waals surface area contributed by atoms with E-state index in [1.54, 1.807) is 31.4 Å². The molecule has 1 amide bonds. The van der Waals surface area contributed by atoms with Crippen LogP contribution in [0.1, 0.15) is 38.3 Å². The van der Waals surface area contributed by atoms with Gasteiger partial charge in [-0.3, -0.25) is 4.79 Å². The zero-order valence-electron chi connectivity index (χ0n) is 18.3. The van der Waals surface area contributed by atoms with Crippen molar-refractivity contribution in [1.29, 1.82) is 0 Å². The first kappa shape index (κ1) is 22.7. The highest BCUT2D eigenvalue weighted by Crippen LogP contribution is 2.25. The second-order valence-corrected chi connectivity index (χ2v) is 7.85. The van der Waals surface area contributed by atoms with Crippen LogP contribution in [0.5, 0.6) is 11.5 Å². The molecule has 8 heteroatoms. The van der Waals surface area contributed by atoms with Gasteiger partial charge in [-0.25, -0.2) is 0 Å². The lowest BCUT2D eigenvalue weighted by Gasteiger charge is -2.16. The Balaban J connectivity index is 1.59. The number of anilines is 1. The molecule has 31 heavy (non-hydrogen) atoms. The van der Waals surface area contributed by atoms with Crippen molar-refractivity contribution in [3.8, 4) is 11.5 Å². The van der Waals surface area contributed by atoms with Crippen LogP contribution in [-0.2, 0) is 17.8 Å². The molecule has 0 aliphatic heterocycles. The van der Waals surface area contributed by atoms with Gasteiger partial charge in [-0.2, -0.15) is 0 Å². The molecule has 0 spiro atoms. The van der Waals surface area contributed by atoms with Crippen LogP contribution in [0, 0.1) is 0 Å². The van der Waals surface area contributed by atoms with Gasteiger partial charge < -0.3 is 19.4 Å². The van der Waals surface area contributed by atoms with E-state index in [2.05, 4.69) is 34.6 Å². The summed E-state index contributed by atoms with van der Waals surface area (Å²) in [7, 11) is 1.61. The molecule has 1 unspecified atom stereocenters. The molecule has 0 aliphatic rings. The SMILES string of the molecule is CCc1ccc(OC(C)c2nnc(SCC(=O)Nc3ccc(OC)cc3)n2CC)cc1. The Labute approximate surface area is 187 Å². The number of ether oxygens (including phenoxy) is 2. The van der Waals surface area contributed by atoms with E-state index in [-0.39, 0.29) is 17.8 Å². The number of amides is 1. The lowest BCUT2D eigenvalue weighted by atomic mass is 10.2. The average Bonchev–Trinajstić information content (AvgIpc) is 3.22. The molecule has 0 radical (unpaired) electrons. The summed E-state index contributed by atoms with van der Waals surface area (Å²) in [6, 6.07) is 15.3. The zero-order chi connectivity index (χ0) is 22.2. The normalized spacial score (nSPS) is 11.7. The van der Waals surface area contributed by atoms with Crippen molar-refractivity contribution in [1.82, 2.24) is 14.8 Å². The van der Waals surface area contributed by atoms with Crippen molar-refractivity contribution in [3.05, 3.63) is 59.9 Å². The smallest absolute Gasteiger partial charge is 0.234 e.